The number of hydrogen-bond donors (Lipinski definition) is 2. The third-order valence-corrected chi connectivity index (χ3v) is 3.13. The molecule has 0 radical (unpaired) electrons. The van der Waals surface area contributed by atoms with Crippen LogP contribution in [-0.2, 0) is 4.79 Å². The normalized spacial score (nSPS) is 12.2. The Labute approximate surface area is 112 Å². The SMILES string of the molecule is CCCC(NC(=O)c1sccc1OC(F)F)C(=O)O. The quantitative estimate of drug-likeness (QED) is 0.809. The van der Waals surface area contributed by atoms with Gasteiger partial charge in [-0.15, -0.1) is 11.3 Å². The van der Waals surface area contributed by atoms with E-state index in [-0.39, 0.29) is 17.0 Å². The van der Waals surface area contributed by atoms with E-state index in [2.05, 4.69) is 10.1 Å². The third-order valence-electron chi connectivity index (χ3n) is 2.23. The van der Waals surface area contributed by atoms with Crippen molar-refractivity contribution in [1.29, 1.82) is 0 Å². The predicted octanol–water partition coefficient (Wildman–Crippen LogP) is 2.33. The van der Waals surface area contributed by atoms with Crippen LogP contribution in [0.5, 0.6) is 5.75 Å². The Morgan fingerprint density at radius 2 is 2.21 bits per heavy atom. The number of hydrogen-bond acceptors (Lipinski definition) is 4. The zero-order chi connectivity index (χ0) is 14.4. The molecule has 0 aliphatic rings. The van der Waals surface area contributed by atoms with Crippen LogP contribution in [0.1, 0.15) is 29.4 Å². The van der Waals surface area contributed by atoms with Crippen molar-refractivity contribution in [1.82, 2.24) is 5.32 Å². The number of thiophene rings is 1. The molecule has 8 heteroatoms. The summed E-state index contributed by atoms with van der Waals surface area (Å²) in [6, 6.07) is 0.195. The van der Waals surface area contributed by atoms with Gasteiger partial charge in [0.15, 0.2) is 0 Å². The first-order chi connectivity index (χ1) is 8.95. The highest BCUT2D eigenvalue weighted by molar-refractivity contribution is 7.12. The molecule has 5 nitrogen and oxygen atoms in total. The van der Waals surface area contributed by atoms with Gasteiger partial charge in [-0.1, -0.05) is 13.3 Å². The van der Waals surface area contributed by atoms with Gasteiger partial charge in [-0.05, 0) is 17.9 Å². The molecule has 1 unspecified atom stereocenters. The molecule has 0 aliphatic heterocycles. The van der Waals surface area contributed by atoms with Crippen LogP contribution in [0.4, 0.5) is 8.78 Å². The maximum atomic E-state index is 12.1. The molecule has 2 N–H and O–H groups in total. The van der Waals surface area contributed by atoms with Crippen molar-refractivity contribution < 1.29 is 28.2 Å². The fourth-order valence-corrected chi connectivity index (χ4v) is 2.15. The van der Waals surface area contributed by atoms with Crippen LogP contribution in [-0.4, -0.2) is 29.6 Å². The van der Waals surface area contributed by atoms with Gasteiger partial charge in [0.25, 0.3) is 5.91 Å². The van der Waals surface area contributed by atoms with Crippen LogP contribution in [0.15, 0.2) is 11.4 Å². The summed E-state index contributed by atoms with van der Waals surface area (Å²) in [6.07, 6.45) is 0.833. The topological polar surface area (TPSA) is 75.6 Å². The lowest BCUT2D eigenvalue weighted by Gasteiger charge is -2.13. The fourth-order valence-electron chi connectivity index (χ4n) is 1.42. The lowest BCUT2D eigenvalue weighted by Crippen LogP contribution is -2.40. The minimum absolute atomic E-state index is 0.0670. The summed E-state index contributed by atoms with van der Waals surface area (Å²) in [5.41, 5.74) is 0. The zero-order valence-electron chi connectivity index (χ0n) is 10.1. The Kier molecular flexibility index (Phi) is 5.68. The maximum Gasteiger partial charge on any atom is 0.387 e. The van der Waals surface area contributed by atoms with Gasteiger partial charge in [0, 0.05) is 0 Å². The molecule has 0 fully saturated rings. The summed E-state index contributed by atoms with van der Waals surface area (Å²) in [5, 5.41) is 12.6. The van der Waals surface area contributed by atoms with Crippen molar-refractivity contribution in [3.63, 3.8) is 0 Å². The number of carboxylic acids is 1. The monoisotopic (exact) mass is 293 g/mol. The minimum Gasteiger partial charge on any atom is -0.480 e. The van der Waals surface area contributed by atoms with E-state index < -0.39 is 24.5 Å². The number of carboxylic acid groups (broad SMARTS) is 1. The van der Waals surface area contributed by atoms with Gasteiger partial charge < -0.3 is 15.2 Å². The summed E-state index contributed by atoms with van der Waals surface area (Å²) in [4.78, 5) is 22.6. The molecular weight excluding hydrogens is 280 g/mol. The number of alkyl halides is 2. The molecule has 0 spiro atoms. The number of rotatable bonds is 7. The molecule has 1 heterocycles. The molecule has 19 heavy (non-hydrogen) atoms. The van der Waals surface area contributed by atoms with Crippen LogP contribution in [0.2, 0.25) is 0 Å². The van der Waals surface area contributed by atoms with E-state index >= 15 is 0 Å². The molecule has 0 saturated carbocycles. The first-order valence-corrected chi connectivity index (χ1v) is 6.39. The van der Waals surface area contributed by atoms with Gasteiger partial charge in [0.05, 0.1) is 0 Å². The Morgan fingerprint density at radius 1 is 1.53 bits per heavy atom. The van der Waals surface area contributed by atoms with Gasteiger partial charge in [-0.25, -0.2) is 4.79 Å². The largest absolute Gasteiger partial charge is 0.480 e. The van der Waals surface area contributed by atoms with Crippen LogP contribution in [0, 0.1) is 0 Å². The van der Waals surface area contributed by atoms with Crippen LogP contribution >= 0.6 is 11.3 Å². The zero-order valence-corrected chi connectivity index (χ0v) is 10.9. The second kappa shape index (κ2) is 7.03. The number of aliphatic carboxylic acids is 1. The number of ether oxygens (including phenoxy) is 1. The summed E-state index contributed by atoms with van der Waals surface area (Å²) in [6.45, 7) is -1.26. The van der Waals surface area contributed by atoms with Gasteiger partial charge in [0.2, 0.25) is 0 Å². The van der Waals surface area contributed by atoms with Crippen LogP contribution < -0.4 is 10.1 Å². The van der Waals surface area contributed by atoms with E-state index in [0.717, 1.165) is 11.3 Å². The van der Waals surface area contributed by atoms with Crippen LogP contribution in [0.25, 0.3) is 0 Å². The molecule has 0 aromatic carbocycles. The number of amides is 1. The summed E-state index contributed by atoms with van der Waals surface area (Å²) in [5.74, 6) is -2.15. The maximum absolute atomic E-state index is 12.1. The predicted molar refractivity (Wildman–Crippen MR) is 64.7 cm³/mol. The highest BCUT2D eigenvalue weighted by Gasteiger charge is 2.23. The average molecular weight is 293 g/mol. The Bertz CT molecular complexity index is 450. The molecule has 1 rings (SSSR count). The highest BCUT2D eigenvalue weighted by atomic mass is 32.1. The second-order valence-electron chi connectivity index (χ2n) is 3.65. The lowest BCUT2D eigenvalue weighted by atomic mass is 10.1. The Morgan fingerprint density at radius 3 is 2.74 bits per heavy atom. The van der Waals surface area contributed by atoms with E-state index in [1.54, 1.807) is 6.92 Å². The first kappa shape index (κ1) is 15.4. The molecule has 1 amide bonds. The first-order valence-electron chi connectivity index (χ1n) is 5.51. The number of nitrogens with one attached hydrogen (secondary N) is 1. The van der Waals surface area contributed by atoms with Crippen LogP contribution in [0.3, 0.4) is 0 Å². The molecule has 1 aromatic rings. The summed E-state index contributed by atoms with van der Waals surface area (Å²) < 4.78 is 28.4. The van der Waals surface area contributed by atoms with Gasteiger partial charge in [-0.3, -0.25) is 4.79 Å². The van der Waals surface area contributed by atoms with Crippen molar-refractivity contribution in [2.24, 2.45) is 0 Å². The Balaban J connectivity index is 2.77. The van der Waals surface area contributed by atoms with E-state index in [9.17, 15) is 18.4 Å². The Hall–Kier alpha value is -1.70. The molecule has 0 aliphatic carbocycles. The number of carbonyl (C=O) groups excluding carboxylic acids is 1. The van der Waals surface area contributed by atoms with Crippen molar-refractivity contribution in [3.05, 3.63) is 16.3 Å². The highest BCUT2D eigenvalue weighted by Crippen LogP contribution is 2.26. The second-order valence-corrected chi connectivity index (χ2v) is 4.56. The molecular formula is C11H13F2NO4S. The van der Waals surface area contributed by atoms with Crippen molar-refractivity contribution in [2.75, 3.05) is 0 Å². The van der Waals surface area contributed by atoms with E-state index in [4.69, 9.17) is 5.11 Å². The standard InChI is InChI=1S/C11H13F2NO4S/c1-2-3-6(10(16)17)14-9(15)8-7(4-5-19-8)18-11(12)13/h4-6,11H,2-3H2,1H3,(H,14,15)(H,16,17). The number of carbonyl (C=O) groups is 2. The smallest absolute Gasteiger partial charge is 0.387 e. The minimum atomic E-state index is -3.04. The number of halogens is 2. The molecule has 1 atom stereocenters. The van der Waals surface area contributed by atoms with Crippen molar-refractivity contribution >= 4 is 23.2 Å². The molecule has 1 aromatic heterocycles. The lowest BCUT2D eigenvalue weighted by molar-refractivity contribution is -0.139. The fraction of sp³-hybridized carbons (Fsp3) is 0.455. The summed E-state index contributed by atoms with van der Waals surface area (Å²) in [7, 11) is 0. The van der Waals surface area contributed by atoms with Crippen molar-refractivity contribution in [3.8, 4) is 5.75 Å². The summed E-state index contributed by atoms with van der Waals surface area (Å²) >= 11 is 0.908. The van der Waals surface area contributed by atoms with Gasteiger partial charge in [-0.2, -0.15) is 8.78 Å². The molecule has 0 saturated heterocycles. The van der Waals surface area contributed by atoms with E-state index in [1.165, 1.54) is 11.4 Å². The molecule has 106 valence electrons. The van der Waals surface area contributed by atoms with E-state index in [0.29, 0.717) is 6.42 Å². The van der Waals surface area contributed by atoms with Crippen molar-refractivity contribution in [2.45, 2.75) is 32.4 Å². The average Bonchev–Trinajstić information content (AvgIpc) is 2.75. The molecule has 0 bridgehead atoms. The van der Waals surface area contributed by atoms with Gasteiger partial charge >= 0.3 is 12.6 Å². The third kappa shape index (κ3) is 4.47. The van der Waals surface area contributed by atoms with E-state index in [1.807, 2.05) is 0 Å². The van der Waals surface area contributed by atoms with Gasteiger partial charge in [0.1, 0.15) is 16.7 Å².